The molecule has 0 aromatic heterocycles. The predicted molar refractivity (Wildman–Crippen MR) is 62.7 cm³/mol. The highest BCUT2D eigenvalue weighted by Gasteiger charge is 2.13. The first-order chi connectivity index (χ1) is 6.56. The molecule has 4 heteroatoms. The minimum Gasteiger partial charge on any atom is -0.506 e. The molecule has 1 aromatic carbocycles. The number of phenols is 1. The summed E-state index contributed by atoms with van der Waals surface area (Å²) in [5.74, 6) is 0.0933. The third-order valence-electron chi connectivity index (χ3n) is 2.06. The van der Waals surface area contributed by atoms with Gasteiger partial charge in [0.2, 0.25) is 0 Å². The SMILES string of the molecule is CCC[C@@H](N)c1cc(Br)cc(Cl)c1O. The Balaban J connectivity index is 3.07. The van der Waals surface area contributed by atoms with Crippen molar-refractivity contribution >= 4 is 27.5 Å². The Bertz CT molecular complexity index is 330. The number of aromatic hydroxyl groups is 1. The zero-order valence-corrected chi connectivity index (χ0v) is 10.3. The third-order valence-corrected chi connectivity index (χ3v) is 2.80. The zero-order chi connectivity index (χ0) is 10.7. The van der Waals surface area contributed by atoms with Crippen LogP contribution in [-0.2, 0) is 0 Å². The van der Waals surface area contributed by atoms with E-state index in [0.717, 1.165) is 17.3 Å². The molecule has 0 saturated heterocycles. The molecular weight excluding hydrogens is 265 g/mol. The van der Waals surface area contributed by atoms with Crippen LogP contribution in [0.25, 0.3) is 0 Å². The van der Waals surface area contributed by atoms with Crippen molar-refractivity contribution in [1.29, 1.82) is 0 Å². The summed E-state index contributed by atoms with van der Waals surface area (Å²) in [5.41, 5.74) is 6.60. The minimum atomic E-state index is -0.157. The van der Waals surface area contributed by atoms with E-state index in [1.807, 2.05) is 6.07 Å². The van der Waals surface area contributed by atoms with Gasteiger partial charge in [0.25, 0.3) is 0 Å². The fraction of sp³-hybridized carbons (Fsp3) is 0.400. The van der Waals surface area contributed by atoms with Crippen LogP contribution in [0.15, 0.2) is 16.6 Å². The van der Waals surface area contributed by atoms with E-state index in [0.29, 0.717) is 10.6 Å². The Morgan fingerprint density at radius 2 is 2.21 bits per heavy atom. The Hall–Kier alpha value is -0.250. The molecule has 78 valence electrons. The lowest BCUT2D eigenvalue weighted by atomic mass is 10.0. The van der Waals surface area contributed by atoms with Crippen LogP contribution in [0.1, 0.15) is 31.4 Å². The third kappa shape index (κ3) is 2.62. The van der Waals surface area contributed by atoms with Gasteiger partial charge in [0.05, 0.1) is 5.02 Å². The normalized spacial score (nSPS) is 12.9. The maximum Gasteiger partial charge on any atom is 0.139 e. The van der Waals surface area contributed by atoms with Crippen molar-refractivity contribution in [2.45, 2.75) is 25.8 Å². The van der Waals surface area contributed by atoms with E-state index in [1.165, 1.54) is 0 Å². The van der Waals surface area contributed by atoms with E-state index in [4.69, 9.17) is 17.3 Å². The van der Waals surface area contributed by atoms with Gasteiger partial charge in [0.15, 0.2) is 0 Å². The van der Waals surface area contributed by atoms with Gasteiger partial charge in [0.1, 0.15) is 5.75 Å². The van der Waals surface area contributed by atoms with E-state index in [9.17, 15) is 5.11 Å². The van der Waals surface area contributed by atoms with Gasteiger partial charge in [-0.3, -0.25) is 0 Å². The molecule has 2 nitrogen and oxygen atoms in total. The maximum absolute atomic E-state index is 9.69. The lowest BCUT2D eigenvalue weighted by molar-refractivity contribution is 0.458. The molecule has 0 heterocycles. The van der Waals surface area contributed by atoms with E-state index in [1.54, 1.807) is 6.07 Å². The smallest absolute Gasteiger partial charge is 0.139 e. The van der Waals surface area contributed by atoms with Crippen molar-refractivity contribution in [1.82, 2.24) is 0 Å². The fourth-order valence-corrected chi connectivity index (χ4v) is 2.17. The zero-order valence-electron chi connectivity index (χ0n) is 7.93. The highest BCUT2D eigenvalue weighted by Crippen LogP contribution is 2.35. The molecular formula is C10H13BrClNO. The summed E-state index contributed by atoms with van der Waals surface area (Å²) in [5, 5.41) is 10.0. The molecule has 0 unspecified atom stereocenters. The van der Waals surface area contributed by atoms with Crippen LogP contribution in [-0.4, -0.2) is 5.11 Å². The average Bonchev–Trinajstić information content (AvgIpc) is 2.11. The average molecular weight is 279 g/mol. The van der Waals surface area contributed by atoms with E-state index >= 15 is 0 Å². The van der Waals surface area contributed by atoms with Crippen molar-refractivity contribution in [3.05, 3.63) is 27.2 Å². The van der Waals surface area contributed by atoms with Gasteiger partial charge in [-0.25, -0.2) is 0 Å². The van der Waals surface area contributed by atoms with E-state index in [-0.39, 0.29) is 11.8 Å². The van der Waals surface area contributed by atoms with E-state index in [2.05, 4.69) is 22.9 Å². The number of nitrogens with two attached hydrogens (primary N) is 1. The van der Waals surface area contributed by atoms with Crippen LogP contribution in [0, 0.1) is 0 Å². The number of hydrogen-bond acceptors (Lipinski definition) is 2. The molecule has 0 bridgehead atoms. The number of hydrogen-bond donors (Lipinski definition) is 2. The van der Waals surface area contributed by atoms with Crippen molar-refractivity contribution in [3.63, 3.8) is 0 Å². The van der Waals surface area contributed by atoms with Crippen molar-refractivity contribution in [3.8, 4) is 5.75 Å². The van der Waals surface area contributed by atoms with Crippen LogP contribution in [0.3, 0.4) is 0 Å². The molecule has 0 radical (unpaired) electrons. The first-order valence-electron chi connectivity index (χ1n) is 4.49. The van der Waals surface area contributed by atoms with Crippen molar-refractivity contribution in [2.75, 3.05) is 0 Å². The van der Waals surface area contributed by atoms with Crippen molar-refractivity contribution in [2.24, 2.45) is 5.73 Å². The maximum atomic E-state index is 9.69. The quantitative estimate of drug-likeness (QED) is 0.887. The molecule has 0 fully saturated rings. The predicted octanol–water partition coefficient (Wildman–Crippen LogP) is 3.61. The molecule has 1 rings (SSSR count). The molecule has 0 aliphatic heterocycles. The first kappa shape index (κ1) is 11.8. The second kappa shape index (κ2) is 5.01. The molecule has 0 spiro atoms. The Morgan fingerprint density at radius 3 is 2.79 bits per heavy atom. The highest BCUT2D eigenvalue weighted by molar-refractivity contribution is 9.10. The molecule has 0 aliphatic rings. The summed E-state index contributed by atoms with van der Waals surface area (Å²) < 4.78 is 0.835. The molecule has 0 amide bonds. The minimum absolute atomic E-state index is 0.0933. The van der Waals surface area contributed by atoms with Gasteiger partial charge in [-0.1, -0.05) is 40.9 Å². The standard InChI is InChI=1S/C10H13BrClNO/c1-2-3-9(13)7-4-6(11)5-8(12)10(7)14/h4-5,9,14H,2-3,13H2,1H3/t9-/m1/s1. The Morgan fingerprint density at radius 1 is 1.57 bits per heavy atom. The number of rotatable bonds is 3. The first-order valence-corrected chi connectivity index (χ1v) is 5.66. The second-order valence-electron chi connectivity index (χ2n) is 3.22. The number of phenolic OH excluding ortho intramolecular Hbond substituents is 1. The van der Waals surface area contributed by atoms with Gasteiger partial charge in [-0.2, -0.15) is 0 Å². The topological polar surface area (TPSA) is 46.2 Å². The molecule has 3 N–H and O–H groups in total. The van der Waals surface area contributed by atoms with Crippen LogP contribution >= 0.6 is 27.5 Å². The second-order valence-corrected chi connectivity index (χ2v) is 4.54. The van der Waals surface area contributed by atoms with E-state index < -0.39 is 0 Å². The molecule has 0 saturated carbocycles. The van der Waals surface area contributed by atoms with Gasteiger partial charge in [-0.15, -0.1) is 0 Å². The van der Waals surface area contributed by atoms with Gasteiger partial charge in [0, 0.05) is 16.1 Å². The van der Waals surface area contributed by atoms with Crippen LogP contribution in [0.4, 0.5) is 0 Å². The summed E-state index contributed by atoms with van der Waals surface area (Å²) in [6, 6.07) is 3.30. The largest absolute Gasteiger partial charge is 0.506 e. The molecule has 0 aliphatic carbocycles. The van der Waals surface area contributed by atoms with Crippen LogP contribution in [0.2, 0.25) is 5.02 Å². The van der Waals surface area contributed by atoms with Gasteiger partial charge >= 0.3 is 0 Å². The molecule has 14 heavy (non-hydrogen) atoms. The summed E-state index contributed by atoms with van der Waals surface area (Å²) in [4.78, 5) is 0. The number of halogens is 2. The lowest BCUT2D eigenvalue weighted by Crippen LogP contribution is -2.10. The summed E-state index contributed by atoms with van der Waals surface area (Å²) in [6.45, 7) is 2.05. The summed E-state index contributed by atoms with van der Waals surface area (Å²) >= 11 is 9.14. The molecule has 1 aromatic rings. The fourth-order valence-electron chi connectivity index (χ4n) is 1.34. The van der Waals surface area contributed by atoms with Crippen molar-refractivity contribution < 1.29 is 5.11 Å². The lowest BCUT2D eigenvalue weighted by Gasteiger charge is -2.13. The monoisotopic (exact) mass is 277 g/mol. The summed E-state index contributed by atoms with van der Waals surface area (Å²) in [6.07, 6.45) is 1.81. The summed E-state index contributed by atoms with van der Waals surface area (Å²) in [7, 11) is 0. The highest BCUT2D eigenvalue weighted by atomic mass is 79.9. The Labute approximate surface area is 97.2 Å². The van der Waals surface area contributed by atoms with Gasteiger partial charge in [-0.05, 0) is 18.6 Å². The van der Waals surface area contributed by atoms with Crippen LogP contribution < -0.4 is 5.73 Å². The van der Waals surface area contributed by atoms with Gasteiger partial charge < -0.3 is 10.8 Å². The Kier molecular flexibility index (Phi) is 4.23. The number of benzene rings is 1. The van der Waals surface area contributed by atoms with Crippen LogP contribution in [0.5, 0.6) is 5.75 Å². The molecule has 1 atom stereocenters.